The van der Waals surface area contributed by atoms with Crippen LogP contribution in [0, 0.1) is 17.5 Å². The molecule has 0 radical (unpaired) electrons. The largest absolute Gasteiger partial charge is 0.454 e. The number of rotatable bonds is 6. The minimum atomic E-state index is -1.14. The van der Waals surface area contributed by atoms with Gasteiger partial charge in [-0.1, -0.05) is 0 Å². The molecule has 0 atom stereocenters. The van der Waals surface area contributed by atoms with E-state index in [9.17, 15) is 27.6 Å². The highest BCUT2D eigenvalue weighted by atomic mass is 19.2. The molecule has 0 aliphatic carbocycles. The van der Waals surface area contributed by atoms with Gasteiger partial charge in [0.2, 0.25) is 0 Å². The van der Waals surface area contributed by atoms with Crippen LogP contribution >= 0.6 is 0 Å². The fourth-order valence-corrected chi connectivity index (χ4v) is 1.82. The maximum Gasteiger partial charge on any atom is 0.325 e. The van der Waals surface area contributed by atoms with Crippen LogP contribution in [0.3, 0.4) is 0 Å². The molecular formula is C17H13F3N2O4. The zero-order chi connectivity index (χ0) is 19.1. The van der Waals surface area contributed by atoms with E-state index >= 15 is 0 Å². The summed E-state index contributed by atoms with van der Waals surface area (Å²) in [6, 6.07) is 7.42. The molecular weight excluding hydrogens is 353 g/mol. The Morgan fingerprint density at radius 2 is 1.62 bits per heavy atom. The van der Waals surface area contributed by atoms with Gasteiger partial charge in [0, 0.05) is 17.3 Å². The summed E-state index contributed by atoms with van der Waals surface area (Å²) in [5, 5.41) is 4.46. The number of carbonyl (C=O) groups is 3. The molecule has 0 saturated heterocycles. The predicted molar refractivity (Wildman–Crippen MR) is 84.7 cm³/mol. The fraction of sp³-hybridized carbons (Fsp3) is 0.118. The Morgan fingerprint density at radius 3 is 2.27 bits per heavy atom. The summed E-state index contributed by atoms with van der Waals surface area (Å²) in [5.41, 5.74) is 0.143. The van der Waals surface area contributed by atoms with Crippen molar-refractivity contribution in [3.8, 4) is 0 Å². The van der Waals surface area contributed by atoms with Gasteiger partial charge in [0.1, 0.15) is 12.4 Å². The average molecular weight is 366 g/mol. The highest BCUT2D eigenvalue weighted by Crippen LogP contribution is 2.12. The Balaban J connectivity index is 1.73. The van der Waals surface area contributed by atoms with Gasteiger partial charge in [0.05, 0.1) is 0 Å². The van der Waals surface area contributed by atoms with Crippen molar-refractivity contribution in [1.82, 2.24) is 5.32 Å². The summed E-state index contributed by atoms with van der Waals surface area (Å²) in [6.45, 7) is -1.18. The van der Waals surface area contributed by atoms with E-state index < -0.39 is 48.4 Å². The predicted octanol–water partition coefficient (Wildman–Crippen LogP) is 2.02. The zero-order valence-corrected chi connectivity index (χ0v) is 13.2. The van der Waals surface area contributed by atoms with E-state index in [4.69, 9.17) is 0 Å². The Kier molecular flexibility index (Phi) is 6.31. The molecule has 0 fully saturated rings. The first-order valence-electron chi connectivity index (χ1n) is 7.29. The van der Waals surface area contributed by atoms with E-state index in [1.54, 1.807) is 0 Å². The van der Waals surface area contributed by atoms with E-state index in [0.29, 0.717) is 0 Å². The summed E-state index contributed by atoms with van der Waals surface area (Å²) in [7, 11) is 0. The molecule has 0 bridgehead atoms. The number of hydrogen-bond donors (Lipinski definition) is 2. The first-order valence-corrected chi connectivity index (χ1v) is 7.29. The van der Waals surface area contributed by atoms with Gasteiger partial charge in [-0.05, 0) is 36.4 Å². The Morgan fingerprint density at radius 1 is 0.923 bits per heavy atom. The first kappa shape index (κ1) is 19.0. The highest BCUT2D eigenvalue weighted by molar-refractivity contribution is 5.96. The van der Waals surface area contributed by atoms with Gasteiger partial charge in [-0.15, -0.1) is 0 Å². The van der Waals surface area contributed by atoms with Crippen molar-refractivity contribution >= 4 is 23.5 Å². The molecule has 2 aromatic rings. The molecule has 0 saturated carbocycles. The lowest BCUT2D eigenvalue weighted by molar-refractivity contribution is -0.146. The lowest BCUT2D eigenvalue weighted by Crippen LogP contribution is -2.32. The second kappa shape index (κ2) is 8.65. The van der Waals surface area contributed by atoms with Crippen LogP contribution in [0.1, 0.15) is 10.4 Å². The normalized spacial score (nSPS) is 10.1. The Hall–Kier alpha value is -3.36. The second-order valence-electron chi connectivity index (χ2n) is 5.03. The lowest BCUT2D eigenvalue weighted by Gasteiger charge is -2.08. The van der Waals surface area contributed by atoms with Gasteiger partial charge in [-0.2, -0.15) is 0 Å². The van der Waals surface area contributed by atoms with E-state index in [2.05, 4.69) is 15.4 Å². The standard InChI is InChI=1S/C17H13F3N2O4/c18-11-3-1-10(2-4-11)17(25)21-8-16(24)26-9-15(23)22-12-5-6-13(19)14(20)7-12/h1-7H,8-9H2,(H,21,25)(H,22,23). The maximum absolute atomic E-state index is 13.0. The van der Waals surface area contributed by atoms with Crippen LogP contribution in [-0.2, 0) is 14.3 Å². The molecule has 6 nitrogen and oxygen atoms in total. The number of carbonyl (C=O) groups excluding carboxylic acids is 3. The molecule has 2 N–H and O–H groups in total. The van der Waals surface area contributed by atoms with Crippen molar-refractivity contribution in [3.63, 3.8) is 0 Å². The lowest BCUT2D eigenvalue weighted by atomic mass is 10.2. The van der Waals surface area contributed by atoms with Crippen LogP contribution < -0.4 is 10.6 Å². The smallest absolute Gasteiger partial charge is 0.325 e. The second-order valence-corrected chi connectivity index (χ2v) is 5.03. The molecule has 0 heterocycles. The minimum absolute atomic E-state index is 0.00504. The van der Waals surface area contributed by atoms with Gasteiger partial charge in [0.15, 0.2) is 18.2 Å². The number of nitrogens with one attached hydrogen (secondary N) is 2. The molecule has 0 aliphatic heterocycles. The summed E-state index contributed by atoms with van der Waals surface area (Å²) < 4.78 is 43.2. The number of hydrogen-bond acceptors (Lipinski definition) is 4. The third-order valence-corrected chi connectivity index (χ3v) is 3.07. The van der Waals surface area contributed by atoms with Crippen LogP contribution in [0.4, 0.5) is 18.9 Å². The van der Waals surface area contributed by atoms with Crippen LogP contribution in [-0.4, -0.2) is 30.9 Å². The van der Waals surface area contributed by atoms with Crippen LogP contribution in [0.2, 0.25) is 0 Å². The number of esters is 1. The Labute approximate surface area is 146 Å². The maximum atomic E-state index is 13.0. The summed E-state index contributed by atoms with van der Waals surface area (Å²) >= 11 is 0. The zero-order valence-electron chi connectivity index (χ0n) is 13.2. The monoisotopic (exact) mass is 366 g/mol. The topological polar surface area (TPSA) is 84.5 Å². The van der Waals surface area contributed by atoms with Gasteiger partial charge >= 0.3 is 5.97 Å². The van der Waals surface area contributed by atoms with Gasteiger partial charge in [-0.3, -0.25) is 14.4 Å². The van der Waals surface area contributed by atoms with Crippen molar-refractivity contribution in [2.75, 3.05) is 18.5 Å². The van der Waals surface area contributed by atoms with E-state index in [-0.39, 0.29) is 11.3 Å². The number of ether oxygens (including phenoxy) is 1. The van der Waals surface area contributed by atoms with Crippen molar-refractivity contribution in [1.29, 1.82) is 0 Å². The minimum Gasteiger partial charge on any atom is -0.454 e. The van der Waals surface area contributed by atoms with Crippen LogP contribution in [0.5, 0.6) is 0 Å². The van der Waals surface area contributed by atoms with E-state index in [1.807, 2.05) is 0 Å². The molecule has 2 rings (SSSR count). The molecule has 0 aromatic heterocycles. The highest BCUT2D eigenvalue weighted by Gasteiger charge is 2.12. The van der Waals surface area contributed by atoms with Crippen LogP contribution in [0.15, 0.2) is 42.5 Å². The molecule has 0 spiro atoms. The molecule has 2 aromatic carbocycles. The Bertz CT molecular complexity index is 825. The number of halogens is 3. The van der Waals surface area contributed by atoms with Crippen LogP contribution in [0.25, 0.3) is 0 Å². The van der Waals surface area contributed by atoms with Crippen molar-refractivity contribution in [3.05, 3.63) is 65.5 Å². The van der Waals surface area contributed by atoms with Gasteiger partial charge in [0.25, 0.3) is 11.8 Å². The molecule has 9 heteroatoms. The summed E-state index contributed by atoms with van der Waals surface area (Å²) in [5.74, 6) is -4.98. The van der Waals surface area contributed by atoms with Gasteiger partial charge in [-0.25, -0.2) is 13.2 Å². The van der Waals surface area contributed by atoms with E-state index in [1.165, 1.54) is 12.1 Å². The fourth-order valence-electron chi connectivity index (χ4n) is 1.82. The number of anilines is 1. The SMILES string of the molecule is O=C(COC(=O)CNC(=O)c1ccc(F)cc1)Nc1ccc(F)c(F)c1. The summed E-state index contributed by atoms with van der Waals surface area (Å²) in [4.78, 5) is 34.8. The first-order chi connectivity index (χ1) is 12.3. The number of benzene rings is 2. The average Bonchev–Trinajstić information content (AvgIpc) is 2.61. The van der Waals surface area contributed by atoms with Crippen molar-refractivity contribution < 1.29 is 32.3 Å². The van der Waals surface area contributed by atoms with Crippen molar-refractivity contribution in [2.24, 2.45) is 0 Å². The van der Waals surface area contributed by atoms with Gasteiger partial charge < -0.3 is 15.4 Å². The molecule has 0 aliphatic rings. The molecule has 136 valence electrons. The third kappa shape index (κ3) is 5.62. The quantitative estimate of drug-likeness (QED) is 0.766. The molecule has 26 heavy (non-hydrogen) atoms. The molecule has 2 amide bonds. The third-order valence-electron chi connectivity index (χ3n) is 3.07. The molecule has 0 unspecified atom stereocenters. The van der Waals surface area contributed by atoms with Crippen molar-refractivity contribution in [2.45, 2.75) is 0 Å². The van der Waals surface area contributed by atoms with E-state index in [0.717, 1.165) is 30.3 Å². The summed E-state index contributed by atoms with van der Waals surface area (Å²) in [6.07, 6.45) is 0. The number of amides is 2.